The van der Waals surface area contributed by atoms with Gasteiger partial charge in [-0.3, -0.25) is 4.72 Å². The highest BCUT2D eigenvalue weighted by Crippen LogP contribution is 2.33. The zero-order valence-electron chi connectivity index (χ0n) is 14.1. The molecular formula is C16H17ClN4O2S3. The minimum Gasteiger partial charge on any atom is -0.318 e. The number of rotatable bonds is 7. The predicted molar refractivity (Wildman–Crippen MR) is 108 cm³/mol. The van der Waals surface area contributed by atoms with Crippen LogP contribution >= 0.6 is 34.3 Å². The monoisotopic (exact) mass is 428 g/mol. The second-order valence-electron chi connectivity index (χ2n) is 5.88. The molecule has 0 amide bonds. The molecule has 0 bridgehead atoms. The number of sulfonamides is 1. The number of halogens is 1. The van der Waals surface area contributed by atoms with Crippen LogP contribution in [-0.2, 0) is 10.0 Å². The molecule has 0 aliphatic carbocycles. The van der Waals surface area contributed by atoms with Crippen molar-refractivity contribution < 1.29 is 8.42 Å². The molecule has 10 heteroatoms. The van der Waals surface area contributed by atoms with Crippen LogP contribution in [0.4, 0.5) is 16.0 Å². The van der Waals surface area contributed by atoms with Crippen LogP contribution in [0.15, 0.2) is 46.2 Å². The fraction of sp³-hybridized carbons (Fsp3) is 0.250. The molecule has 2 heterocycles. The zero-order chi connectivity index (χ0) is 18.7. The van der Waals surface area contributed by atoms with Crippen LogP contribution in [0.2, 0.25) is 5.02 Å². The van der Waals surface area contributed by atoms with Crippen molar-refractivity contribution in [2.45, 2.75) is 18.7 Å². The van der Waals surface area contributed by atoms with E-state index in [0.29, 0.717) is 11.0 Å². The minimum atomic E-state index is -3.80. The normalized spacial score (nSPS) is 11.7. The second-order valence-corrected chi connectivity index (χ2v) is 9.70. The molecule has 0 aliphatic rings. The Kier molecular flexibility index (Phi) is 5.81. The van der Waals surface area contributed by atoms with Gasteiger partial charge in [0.25, 0.3) is 10.0 Å². The Morgan fingerprint density at radius 1 is 1.19 bits per heavy atom. The smallest absolute Gasteiger partial charge is 0.265 e. The summed E-state index contributed by atoms with van der Waals surface area (Å²) in [5.41, 5.74) is 0.798. The van der Waals surface area contributed by atoms with Crippen molar-refractivity contribution in [1.29, 1.82) is 0 Å². The summed E-state index contributed by atoms with van der Waals surface area (Å²) in [4.78, 5) is 10.3. The Hall–Kier alpha value is -1.68. The van der Waals surface area contributed by atoms with E-state index in [1.54, 1.807) is 23.7 Å². The van der Waals surface area contributed by atoms with Crippen LogP contribution in [0.1, 0.15) is 13.8 Å². The summed E-state index contributed by atoms with van der Waals surface area (Å²) in [6.45, 7) is 4.96. The van der Waals surface area contributed by atoms with E-state index in [1.165, 1.54) is 34.9 Å². The van der Waals surface area contributed by atoms with E-state index in [1.807, 2.05) is 10.3 Å². The van der Waals surface area contributed by atoms with Gasteiger partial charge in [-0.05, 0) is 24.1 Å². The predicted octanol–water partition coefficient (Wildman–Crippen LogP) is 4.85. The molecule has 1 N–H and O–H groups in total. The molecule has 0 atom stereocenters. The van der Waals surface area contributed by atoms with Gasteiger partial charge in [-0.1, -0.05) is 25.4 Å². The van der Waals surface area contributed by atoms with E-state index in [0.717, 1.165) is 17.4 Å². The van der Waals surface area contributed by atoms with Gasteiger partial charge in [0.2, 0.25) is 0 Å². The molecular weight excluding hydrogens is 412 g/mol. The van der Waals surface area contributed by atoms with Gasteiger partial charge < -0.3 is 4.90 Å². The zero-order valence-corrected chi connectivity index (χ0v) is 17.3. The van der Waals surface area contributed by atoms with Crippen LogP contribution in [0, 0.1) is 5.92 Å². The molecule has 26 heavy (non-hydrogen) atoms. The van der Waals surface area contributed by atoms with Crippen molar-refractivity contribution in [3.63, 3.8) is 0 Å². The van der Waals surface area contributed by atoms with Crippen molar-refractivity contribution in [2.75, 3.05) is 16.2 Å². The fourth-order valence-corrected chi connectivity index (χ4v) is 5.33. The van der Waals surface area contributed by atoms with Gasteiger partial charge >= 0.3 is 0 Å². The summed E-state index contributed by atoms with van der Waals surface area (Å²) in [5.74, 6) is 0.396. The van der Waals surface area contributed by atoms with Crippen LogP contribution in [0.3, 0.4) is 0 Å². The van der Waals surface area contributed by atoms with Crippen LogP contribution < -0.4 is 9.62 Å². The summed E-state index contributed by atoms with van der Waals surface area (Å²) < 4.78 is 27.5. The maximum Gasteiger partial charge on any atom is 0.265 e. The maximum absolute atomic E-state index is 12.6. The topological polar surface area (TPSA) is 75.2 Å². The third kappa shape index (κ3) is 4.35. The van der Waals surface area contributed by atoms with Crippen molar-refractivity contribution >= 4 is 60.2 Å². The van der Waals surface area contributed by atoms with E-state index in [4.69, 9.17) is 11.6 Å². The lowest BCUT2D eigenvalue weighted by Crippen LogP contribution is -2.22. The van der Waals surface area contributed by atoms with E-state index < -0.39 is 10.0 Å². The van der Waals surface area contributed by atoms with Crippen molar-refractivity contribution in [2.24, 2.45) is 5.92 Å². The maximum atomic E-state index is 12.6. The van der Waals surface area contributed by atoms with Crippen molar-refractivity contribution in [3.8, 4) is 0 Å². The first-order valence-electron chi connectivity index (χ1n) is 7.75. The van der Waals surface area contributed by atoms with Crippen molar-refractivity contribution in [3.05, 3.63) is 46.4 Å². The van der Waals surface area contributed by atoms with Gasteiger partial charge in [-0.15, -0.1) is 22.7 Å². The molecule has 3 aromatic rings. The number of nitrogens with zero attached hydrogens (tertiary/aromatic N) is 3. The van der Waals surface area contributed by atoms with Gasteiger partial charge in [0, 0.05) is 35.4 Å². The number of anilines is 3. The lowest BCUT2D eigenvalue weighted by Gasteiger charge is -2.24. The highest BCUT2D eigenvalue weighted by atomic mass is 35.5. The Balaban J connectivity index is 1.93. The fourth-order valence-electron chi connectivity index (χ4n) is 2.33. The van der Waals surface area contributed by atoms with E-state index in [-0.39, 0.29) is 9.92 Å². The third-order valence-electron chi connectivity index (χ3n) is 3.37. The first-order chi connectivity index (χ1) is 12.4. The molecule has 0 aliphatic heterocycles. The largest absolute Gasteiger partial charge is 0.318 e. The van der Waals surface area contributed by atoms with Crippen LogP contribution in [0.5, 0.6) is 0 Å². The first kappa shape index (κ1) is 19.1. The molecule has 0 fully saturated rings. The molecule has 138 valence electrons. The average Bonchev–Trinajstić information content (AvgIpc) is 3.25. The molecule has 0 spiro atoms. The first-order valence-corrected chi connectivity index (χ1v) is 11.4. The van der Waals surface area contributed by atoms with E-state index in [2.05, 4.69) is 28.5 Å². The average molecular weight is 429 g/mol. The Bertz CT molecular complexity index is 958. The summed E-state index contributed by atoms with van der Waals surface area (Å²) in [5, 5.41) is 4.89. The SMILES string of the molecule is CC(C)CN(c1ccc(S(=O)(=O)Nc2nccs2)c(Cl)c1)c1nccs1. The quantitative estimate of drug-likeness (QED) is 0.582. The van der Waals surface area contributed by atoms with E-state index >= 15 is 0 Å². The molecule has 0 unspecified atom stereocenters. The molecule has 1 aromatic carbocycles. The molecule has 3 rings (SSSR count). The van der Waals surface area contributed by atoms with Gasteiger partial charge in [0.05, 0.1) is 5.02 Å². The second kappa shape index (κ2) is 7.91. The number of hydrogen-bond donors (Lipinski definition) is 1. The number of benzene rings is 1. The highest BCUT2D eigenvalue weighted by molar-refractivity contribution is 7.93. The summed E-state index contributed by atoms with van der Waals surface area (Å²) >= 11 is 9.04. The van der Waals surface area contributed by atoms with Crippen molar-refractivity contribution in [1.82, 2.24) is 9.97 Å². The number of thiazole rings is 2. The number of nitrogens with one attached hydrogen (secondary N) is 1. The summed E-state index contributed by atoms with van der Waals surface area (Å²) in [6.07, 6.45) is 3.27. The molecule has 6 nitrogen and oxygen atoms in total. The van der Waals surface area contributed by atoms with Gasteiger partial charge in [-0.25, -0.2) is 18.4 Å². The number of hydrogen-bond acceptors (Lipinski definition) is 7. The lowest BCUT2D eigenvalue weighted by atomic mass is 10.2. The van der Waals surface area contributed by atoms with Gasteiger partial charge in [0.15, 0.2) is 10.3 Å². The van der Waals surface area contributed by atoms with Gasteiger partial charge in [0.1, 0.15) is 4.90 Å². The Morgan fingerprint density at radius 3 is 2.50 bits per heavy atom. The Labute approximate surface area is 165 Å². The Morgan fingerprint density at radius 2 is 1.92 bits per heavy atom. The highest BCUT2D eigenvalue weighted by Gasteiger charge is 2.21. The lowest BCUT2D eigenvalue weighted by molar-refractivity contribution is 0.601. The third-order valence-corrected chi connectivity index (χ3v) is 6.80. The molecule has 2 aromatic heterocycles. The summed E-state index contributed by atoms with van der Waals surface area (Å²) in [7, 11) is -3.80. The molecule has 0 radical (unpaired) electrons. The van der Waals surface area contributed by atoms with Crippen LogP contribution in [-0.4, -0.2) is 24.9 Å². The summed E-state index contributed by atoms with van der Waals surface area (Å²) in [6, 6.07) is 4.91. The van der Waals surface area contributed by atoms with Crippen LogP contribution in [0.25, 0.3) is 0 Å². The van der Waals surface area contributed by atoms with E-state index in [9.17, 15) is 8.42 Å². The number of aromatic nitrogens is 2. The molecule has 0 saturated carbocycles. The van der Waals surface area contributed by atoms with Gasteiger partial charge in [-0.2, -0.15) is 0 Å². The minimum absolute atomic E-state index is 0.0155. The molecule has 0 saturated heterocycles. The standard InChI is InChI=1S/C16H17ClN4O2S3/c1-11(2)10-21(16-19-6-8-25-16)12-3-4-14(13(17)9-12)26(22,23)20-15-18-5-7-24-15/h3-9,11H,10H2,1-2H3,(H,18,20).